The minimum absolute atomic E-state index is 0.239. The standard InChI is InChI=1S/2C21H14F3.C2H6Si.2ClH.Zr/c2*1-13-11-14-5-4-8-16(19(14)12-13)17-9-10-20(21(22,23)24)18-7-3-2-6-15(17)18;1-3-2;;;/h2*2-12H,1H3;1-2H3;2*1H;/q2*-1;;;;+4/p-2. The molecule has 0 saturated carbocycles. The third-order valence-electron chi connectivity index (χ3n) is 8.83. The number of fused-ring (bicyclic) bond motifs is 4. The van der Waals surface area contributed by atoms with Crippen molar-refractivity contribution in [2.24, 2.45) is 0 Å². The molecule has 0 aliphatic carbocycles. The van der Waals surface area contributed by atoms with Crippen LogP contribution in [-0.2, 0) is 33.2 Å². The average Bonchev–Trinajstić information content (AvgIpc) is 3.71. The summed E-state index contributed by atoms with van der Waals surface area (Å²) < 4.78 is 79.8. The zero-order chi connectivity index (χ0) is 39.2. The van der Waals surface area contributed by atoms with Crippen LogP contribution in [0.1, 0.15) is 22.3 Å². The molecule has 0 fully saturated rings. The van der Waals surface area contributed by atoms with Crippen LogP contribution in [0.2, 0.25) is 13.1 Å². The number of halogens is 8. The van der Waals surface area contributed by atoms with Gasteiger partial charge < -0.3 is 0 Å². The molecule has 0 atom stereocenters. The number of hydrogen-bond acceptors (Lipinski definition) is 0. The van der Waals surface area contributed by atoms with Crippen molar-refractivity contribution < 1.29 is 47.2 Å². The summed E-state index contributed by atoms with van der Waals surface area (Å²) >= 11 is -0.826. The first kappa shape index (κ1) is 41.5. The van der Waals surface area contributed by atoms with Crippen molar-refractivity contribution >= 4 is 69.6 Å². The van der Waals surface area contributed by atoms with Crippen LogP contribution in [0.4, 0.5) is 26.3 Å². The third-order valence-corrected chi connectivity index (χ3v) is 8.83. The molecule has 0 spiro atoms. The SMILES string of the molecule is C[Si]C.Cc1cc2c(-c3ccc(C(F)(F)F)c4ccccc34)cccc2[cH-]1.Cc1cc2c(-c3ccc(C(F)(F)F)c4ccccc34)cccc2[cH-]1.[Cl][Zr+2][Cl]. The molecule has 54 heavy (non-hydrogen) atoms. The molecule has 0 aliphatic heterocycles. The van der Waals surface area contributed by atoms with Gasteiger partial charge in [-0.05, 0) is 44.8 Å². The quantitative estimate of drug-likeness (QED) is 0.0923. The number of hydrogen-bond donors (Lipinski definition) is 0. The second kappa shape index (κ2) is 17.8. The molecule has 8 rings (SSSR count). The van der Waals surface area contributed by atoms with Gasteiger partial charge in [-0.25, -0.2) is 0 Å². The van der Waals surface area contributed by atoms with Crippen molar-refractivity contribution in [2.75, 3.05) is 0 Å². The van der Waals surface area contributed by atoms with Gasteiger partial charge >= 0.3 is 50.2 Å². The van der Waals surface area contributed by atoms with E-state index in [2.05, 4.69) is 37.4 Å². The monoisotopic (exact) mass is 864 g/mol. The first-order valence-corrected chi connectivity index (χ1v) is 25.1. The van der Waals surface area contributed by atoms with Crippen molar-refractivity contribution in [1.82, 2.24) is 0 Å². The number of alkyl halides is 6. The Kier molecular flexibility index (Phi) is 13.7. The van der Waals surface area contributed by atoms with Gasteiger partial charge in [0.15, 0.2) is 0 Å². The van der Waals surface area contributed by atoms with E-state index in [-0.39, 0.29) is 10.8 Å². The first-order chi connectivity index (χ1) is 25.7. The molecule has 0 amide bonds. The van der Waals surface area contributed by atoms with Gasteiger partial charge in [0, 0.05) is 9.52 Å². The Balaban J connectivity index is 0.000000182. The van der Waals surface area contributed by atoms with Gasteiger partial charge in [0.25, 0.3) is 0 Å². The van der Waals surface area contributed by atoms with Crippen LogP contribution in [0.5, 0.6) is 0 Å². The molecular weight excluding hydrogens is 833 g/mol. The van der Waals surface area contributed by atoms with E-state index < -0.39 is 44.3 Å². The topological polar surface area (TPSA) is 0 Å². The summed E-state index contributed by atoms with van der Waals surface area (Å²) in [6, 6.07) is 39.2. The van der Waals surface area contributed by atoms with E-state index in [0.717, 1.165) is 64.4 Å². The summed E-state index contributed by atoms with van der Waals surface area (Å²) in [6.45, 7) is 8.35. The van der Waals surface area contributed by atoms with E-state index in [9.17, 15) is 26.3 Å². The van der Waals surface area contributed by atoms with Crippen LogP contribution in [0, 0.1) is 13.8 Å². The Morgan fingerprint density at radius 3 is 1.11 bits per heavy atom. The van der Waals surface area contributed by atoms with Crippen molar-refractivity contribution in [3.05, 3.63) is 156 Å². The zero-order valence-corrected chi connectivity index (χ0v) is 34.7. The number of benzene rings is 6. The van der Waals surface area contributed by atoms with Crippen LogP contribution >= 0.6 is 17.0 Å². The van der Waals surface area contributed by atoms with Crippen LogP contribution in [0.3, 0.4) is 0 Å². The molecule has 2 radical (unpaired) electrons. The second-order valence-corrected chi connectivity index (χ2v) is 17.4. The molecule has 0 saturated heterocycles. The van der Waals surface area contributed by atoms with Gasteiger partial charge in [-0.15, -0.1) is 69.1 Å². The van der Waals surface area contributed by atoms with Gasteiger partial charge in [0.1, 0.15) is 0 Å². The van der Waals surface area contributed by atoms with E-state index in [1.807, 2.05) is 50.2 Å². The summed E-state index contributed by atoms with van der Waals surface area (Å²) in [5.41, 5.74) is 4.70. The molecule has 8 aromatic carbocycles. The Hall–Kier alpha value is -3.68. The molecule has 0 aromatic heterocycles. The fourth-order valence-corrected chi connectivity index (χ4v) is 6.80. The summed E-state index contributed by atoms with van der Waals surface area (Å²) in [5.74, 6) is 0. The third kappa shape index (κ3) is 9.22. The van der Waals surface area contributed by atoms with Gasteiger partial charge in [-0.2, -0.15) is 38.5 Å². The predicted molar refractivity (Wildman–Crippen MR) is 214 cm³/mol. The summed E-state index contributed by atoms with van der Waals surface area (Å²) in [7, 11) is 11.0. The van der Waals surface area contributed by atoms with Crippen LogP contribution in [-0.4, -0.2) is 9.52 Å². The summed E-state index contributed by atoms with van der Waals surface area (Å²) in [5, 5.41) is 6.07. The normalized spacial score (nSPS) is 11.3. The van der Waals surface area contributed by atoms with E-state index in [0.29, 0.717) is 10.8 Å². The molecule has 0 unspecified atom stereocenters. The van der Waals surface area contributed by atoms with Crippen molar-refractivity contribution in [3.63, 3.8) is 0 Å². The van der Waals surface area contributed by atoms with E-state index in [1.54, 1.807) is 48.5 Å². The predicted octanol–water partition coefficient (Wildman–Crippen LogP) is 15.6. The van der Waals surface area contributed by atoms with Crippen molar-refractivity contribution in [3.8, 4) is 22.3 Å². The van der Waals surface area contributed by atoms with Crippen LogP contribution < -0.4 is 0 Å². The molecule has 0 nitrogen and oxygen atoms in total. The number of aryl methyl sites for hydroxylation is 2. The summed E-state index contributed by atoms with van der Waals surface area (Å²) in [6.07, 6.45) is -8.72. The maximum atomic E-state index is 13.3. The molecular formula is C44H34Cl2F6SiZr. The first-order valence-electron chi connectivity index (χ1n) is 16.8. The van der Waals surface area contributed by atoms with Gasteiger partial charge in [0.2, 0.25) is 0 Å². The van der Waals surface area contributed by atoms with Crippen LogP contribution in [0.15, 0.2) is 133 Å². The summed E-state index contributed by atoms with van der Waals surface area (Å²) in [4.78, 5) is 0. The molecule has 0 aliphatic rings. The Labute approximate surface area is 331 Å². The molecule has 0 heterocycles. The second-order valence-electron chi connectivity index (χ2n) is 12.7. The maximum absolute atomic E-state index is 13.3. The van der Waals surface area contributed by atoms with E-state index >= 15 is 0 Å². The van der Waals surface area contributed by atoms with Crippen molar-refractivity contribution in [2.45, 2.75) is 39.3 Å². The molecule has 0 N–H and O–H groups in total. The van der Waals surface area contributed by atoms with Crippen molar-refractivity contribution in [1.29, 1.82) is 0 Å². The number of rotatable bonds is 2. The molecule has 0 bridgehead atoms. The van der Waals surface area contributed by atoms with Gasteiger partial charge in [0.05, 0.1) is 11.1 Å². The Morgan fingerprint density at radius 1 is 0.463 bits per heavy atom. The van der Waals surface area contributed by atoms with Crippen LogP contribution in [0.25, 0.3) is 65.3 Å². The molecule has 8 aromatic rings. The average molecular weight is 867 g/mol. The Morgan fingerprint density at radius 2 is 0.778 bits per heavy atom. The van der Waals surface area contributed by atoms with Gasteiger partial charge in [-0.3, -0.25) is 0 Å². The zero-order valence-electron chi connectivity index (χ0n) is 29.7. The molecule has 10 heteroatoms. The molecule has 274 valence electrons. The minimum atomic E-state index is -4.36. The van der Waals surface area contributed by atoms with E-state index in [1.165, 1.54) is 24.3 Å². The Bertz CT molecular complexity index is 2340. The fraction of sp³-hybridized carbons (Fsp3) is 0.136. The fourth-order valence-electron chi connectivity index (χ4n) is 6.80. The van der Waals surface area contributed by atoms with Gasteiger partial charge in [-0.1, -0.05) is 111 Å². The van der Waals surface area contributed by atoms with E-state index in [4.69, 9.17) is 17.0 Å².